The maximum Gasteiger partial charge on any atom is -0.00617 e. The molecule has 3 rings (SSSR count). The van der Waals surface area contributed by atoms with Crippen molar-refractivity contribution in [2.24, 2.45) is 17.3 Å². The molecule has 2 fully saturated rings. The molecule has 0 aromatic heterocycles. The van der Waals surface area contributed by atoms with Gasteiger partial charge in [-0.3, -0.25) is 0 Å². The fourth-order valence-electron chi connectivity index (χ4n) is 5.56. The topological polar surface area (TPSA) is 0 Å². The van der Waals surface area contributed by atoms with Gasteiger partial charge in [0.2, 0.25) is 0 Å². The zero-order valence-corrected chi connectivity index (χ0v) is 13.4. The molecule has 0 saturated heterocycles. The Morgan fingerprint density at radius 3 is 1.50 bits per heavy atom. The lowest BCUT2D eigenvalue weighted by molar-refractivity contribution is 0.0822. The molecule has 0 radical (unpaired) electrons. The van der Waals surface area contributed by atoms with E-state index in [0.29, 0.717) is 5.41 Å². The second kappa shape index (κ2) is 7.14. The molecule has 0 heteroatoms. The van der Waals surface area contributed by atoms with Crippen molar-refractivity contribution in [3.63, 3.8) is 0 Å². The molecule has 0 aromatic carbocycles. The molecule has 2 saturated carbocycles. The number of hydrogen-bond donors (Lipinski definition) is 0. The summed E-state index contributed by atoms with van der Waals surface area (Å²) < 4.78 is 0. The molecular formula is C20H34. The number of allylic oxidation sites excluding steroid dienone is 2. The van der Waals surface area contributed by atoms with E-state index in [2.05, 4.69) is 12.2 Å². The molecule has 0 aliphatic heterocycles. The lowest BCUT2D eigenvalue weighted by Gasteiger charge is -2.46. The first-order valence-corrected chi connectivity index (χ1v) is 9.59. The Morgan fingerprint density at radius 2 is 1.10 bits per heavy atom. The van der Waals surface area contributed by atoms with Gasteiger partial charge in [0, 0.05) is 0 Å². The van der Waals surface area contributed by atoms with Crippen molar-refractivity contribution in [1.29, 1.82) is 0 Å². The first-order chi connectivity index (χ1) is 9.92. The highest BCUT2D eigenvalue weighted by molar-refractivity contribution is 5.10. The normalized spacial score (nSPS) is 29.8. The van der Waals surface area contributed by atoms with Crippen LogP contribution in [0.5, 0.6) is 0 Å². The van der Waals surface area contributed by atoms with E-state index >= 15 is 0 Å². The summed E-state index contributed by atoms with van der Waals surface area (Å²) in [5.74, 6) is 2.04. The third kappa shape index (κ3) is 3.15. The predicted molar refractivity (Wildman–Crippen MR) is 87.8 cm³/mol. The van der Waals surface area contributed by atoms with Gasteiger partial charge >= 0.3 is 0 Å². The van der Waals surface area contributed by atoms with Crippen LogP contribution in [0.3, 0.4) is 0 Å². The van der Waals surface area contributed by atoms with Gasteiger partial charge in [0.05, 0.1) is 0 Å². The van der Waals surface area contributed by atoms with Crippen LogP contribution in [0.1, 0.15) is 96.3 Å². The van der Waals surface area contributed by atoms with Gasteiger partial charge in [-0.05, 0) is 62.2 Å². The van der Waals surface area contributed by atoms with Gasteiger partial charge in [0.25, 0.3) is 0 Å². The van der Waals surface area contributed by atoms with Crippen LogP contribution in [-0.2, 0) is 0 Å². The van der Waals surface area contributed by atoms with E-state index in [1.165, 1.54) is 96.3 Å². The maximum atomic E-state index is 2.74. The summed E-state index contributed by atoms with van der Waals surface area (Å²) >= 11 is 0. The molecule has 3 aliphatic carbocycles. The minimum atomic E-state index is 0.618. The molecule has 0 unspecified atom stereocenters. The molecule has 0 N–H and O–H groups in total. The Kier molecular flexibility index (Phi) is 5.24. The molecule has 0 amide bonds. The van der Waals surface area contributed by atoms with E-state index < -0.39 is 0 Å². The van der Waals surface area contributed by atoms with E-state index in [-0.39, 0.29) is 0 Å². The Labute approximate surface area is 126 Å². The van der Waals surface area contributed by atoms with Gasteiger partial charge in [-0.2, -0.15) is 0 Å². The first kappa shape index (κ1) is 14.7. The van der Waals surface area contributed by atoms with Gasteiger partial charge in [0.15, 0.2) is 0 Å². The van der Waals surface area contributed by atoms with E-state index in [0.717, 1.165) is 11.8 Å². The summed E-state index contributed by atoms with van der Waals surface area (Å²) in [6.45, 7) is 0. The summed E-state index contributed by atoms with van der Waals surface area (Å²) in [4.78, 5) is 0. The largest absolute Gasteiger partial charge is 0.0880 e. The first-order valence-electron chi connectivity index (χ1n) is 9.59. The standard InChI is InChI=1S/C20H34/c1-2-7-13-18(12-6-1)20(16-10-5-11-17-20)19-14-8-3-4-9-15-19/h10,16,18-19H,1-9,11-15,17H2. The second-order valence-electron chi connectivity index (χ2n) is 7.78. The average Bonchev–Trinajstić information content (AvgIpc) is 2.93. The average molecular weight is 274 g/mol. The Balaban J connectivity index is 1.82. The van der Waals surface area contributed by atoms with E-state index in [4.69, 9.17) is 0 Å². The van der Waals surface area contributed by atoms with Crippen LogP contribution < -0.4 is 0 Å². The molecule has 3 aliphatic rings. The van der Waals surface area contributed by atoms with Crippen molar-refractivity contribution in [3.8, 4) is 0 Å². The number of hydrogen-bond acceptors (Lipinski definition) is 0. The van der Waals surface area contributed by atoms with Crippen LogP contribution in [-0.4, -0.2) is 0 Å². The molecule has 0 bridgehead atoms. The van der Waals surface area contributed by atoms with Crippen molar-refractivity contribution in [2.45, 2.75) is 96.3 Å². The quantitative estimate of drug-likeness (QED) is 0.390. The lowest BCUT2D eigenvalue weighted by Crippen LogP contribution is -2.37. The highest BCUT2D eigenvalue weighted by atomic mass is 14.5. The van der Waals surface area contributed by atoms with Crippen LogP contribution in [0.15, 0.2) is 12.2 Å². The smallest absolute Gasteiger partial charge is 0.00617 e. The molecule has 114 valence electrons. The van der Waals surface area contributed by atoms with Crippen LogP contribution in [0.4, 0.5) is 0 Å². The minimum Gasteiger partial charge on any atom is -0.0880 e. The van der Waals surface area contributed by atoms with Gasteiger partial charge in [-0.25, -0.2) is 0 Å². The molecule has 20 heavy (non-hydrogen) atoms. The Morgan fingerprint density at radius 1 is 0.600 bits per heavy atom. The number of rotatable bonds is 2. The van der Waals surface area contributed by atoms with Gasteiger partial charge in [-0.1, -0.05) is 63.5 Å². The van der Waals surface area contributed by atoms with Crippen molar-refractivity contribution in [1.82, 2.24) is 0 Å². The molecule has 0 heterocycles. The van der Waals surface area contributed by atoms with Crippen LogP contribution in [0.2, 0.25) is 0 Å². The van der Waals surface area contributed by atoms with E-state index in [1.807, 2.05) is 0 Å². The monoisotopic (exact) mass is 274 g/mol. The summed E-state index contributed by atoms with van der Waals surface area (Å²) in [7, 11) is 0. The van der Waals surface area contributed by atoms with Gasteiger partial charge in [-0.15, -0.1) is 0 Å². The van der Waals surface area contributed by atoms with Gasteiger partial charge in [0.1, 0.15) is 0 Å². The van der Waals surface area contributed by atoms with Crippen LogP contribution >= 0.6 is 0 Å². The fourth-order valence-corrected chi connectivity index (χ4v) is 5.56. The molecular weight excluding hydrogens is 240 g/mol. The van der Waals surface area contributed by atoms with Crippen molar-refractivity contribution in [2.75, 3.05) is 0 Å². The van der Waals surface area contributed by atoms with Crippen LogP contribution in [0.25, 0.3) is 0 Å². The van der Waals surface area contributed by atoms with Gasteiger partial charge < -0.3 is 0 Å². The summed E-state index contributed by atoms with van der Waals surface area (Å²) in [6.07, 6.45) is 27.8. The fraction of sp³-hybridized carbons (Fsp3) is 0.900. The van der Waals surface area contributed by atoms with Crippen molar-refractivity contribution < 1.29 is 0 Å². The SMILES string of the molecule is C1=CC(C2CCCCCC2)(C2CCCCCC2)CCC1. The Hall–Kier alpha value is -0.260. The molecule has 0 nitrogen and oxygen atoms in total. The van der Waals surface area contributed by atoms with E-state index in [1.54, 1.807) is 0 Å². The second-order valence-corrected chi connectivity index (χ2v) is 7.78. The van der Waals surface area contributed by atoms with Crippen molar-refractivity contribution in [3.05, 3.63) is 12.2 Å². The third-order valence-corrected chi connectivity index (χ3v) is 6.64. The third-order valence-electron chi connectivity index (χ3n) is 6.64. The molecule has 0 aromatic rings. The van der Waals surface area contributed by atoms with Crippen molar-refractivity contribution >= 4 is 0 Å². The van der Waals surface area contributed by atoms with E-state index in [9.17, 15) is 0 Å². The zero-order chi connectivity index (χ0) is 13.7. The lowest BCUT2D eigenvalue weighted by atomic mass is 9.58. The summed E-state index contributed by atoms with van der Waals surface area (Å²) in [5, 5.41) is 0. The maximum absolute atomic E-state index is 2.74. The zero-order valence-electron chi connectivity index (χ0n) is 13.4. The van der Waals surface area contributed by atoms with Crippen LogP contribution in [0, 0.1) is 17.3 Å². The highest BCUT2D eigenvalue weighted by Crippen LogP contribution is 2.53. The molecule has 0 spiro atoms. The summed E-state index contributed by atoms with van der Waals surface area (Å²) in [5.41, 5.74) is 0.618. The minimum absolute atomic E-state index is 0.618. The molecule has 0 atom stereocenters. The Bertz CT molecular complexity index is 278. The summed E-state index contributed by atoms with van der Waals surface area (Å²) in [6, 6.07) is 0. The highest BCUT2D eigenvalue weighted by Gasteiger charge is 2.43. The predicted octanol–water partition coefficient (Wildman–Crippen LogP) is 6.65.